The van der Waals surface area contributed by atoms with Crippen molar-refractivity contribution in [2.75, 3.05) is 6.54 Å². The maximum atomic E-state index is 5.93. The van der Waals surface area contributed by atoms with E-state index in [4.69, 9.17) is 5.73 Å². The number of benzene rings is 1. The molecule has 2 nitrogen and oxygen atoms in total. The molecule has 2 aliphatic rings. The second-order valence-corrected chi connectivity index (χ2v) is 5.88. The summed E-state index contributed by atoms with van der Waals surface area (Å²) in [6.45, 7) is 0.694. The van der Waals surface area contributed by atoms with Gasteiger partial charge in [0, 0.05) is 18.6 Å². The van der Waals surface area contributed by atoms with E-state index in [-0.39, 0.29) is 0 Å². The summed E-state index contributed by atoms with van der Waals surface area (Å²) in [7, 11) is 0. The molecule has 3 rings (SSSR count). The fourth-order valence-corrected chi connectivity index (χ4v) is 3.09. The van der Waals surface area contributed by atoms with E-state index < -0.39 is 0 Å². The van der Waals surface area contributed by atoms with Crippen LogP contribution in [0.2, 0.25) is 0 Å². The van der Waals surface area contributed by atoms with E-state index in [1.165, 1.54) is 49.7 Å². The van der Waals surface area contributed by atoms with E-state index in [1.807, 2.05) is 0 Å². The van der Waals surface area contributed by atoms with E-state index >= 15 is 0 Å². The third kappa shape index (κ3) is 2.76. The quantitative estimate of drug-likeness (QED) is 0.835. The van der Waals surface area contributed by atoms with Gasteiger partial charge in [0.05, 0.1) is 0 Å². The molecule has 18 heavy (non-hydrogen) atoms. The minimum absolute atomic E-state index is 0.335. The second kappa shape index (κ2) is 5.41. The fourth-order valence-electron chi connectivity index (χ4n) is 3.09. The Labute approximate surface area is 110 Å². The third-order valence-corrected chi connectivity index (χ3v) is 4.42. The Kier molecular flexibility index (Phi) is 3.67. The van der Waals surface area contributed by atoms with E-state index in [1.54, 1.807) is 0 Å². The van der Waals surface area contributed by atoms with E-state index in [0.717, 1.165) is 5.92 Å². The average molecular weight is 244 g/mol. The summed E-state index contributed by atoms with van der Waals surface area (Å²) in [5.41, 5.74) is 8.80. The standard InChI is InChI=1S/C16H24N2/c17-11-16(18-15-3-1-2-4-15)14-9-7-13(8-10-14)12-5-6-12/h7-10,12,15-16,18H,1-6,11,17H2. The smallest absolute Gasteiger partial charge is 0.0446 e. The van der Waals surface area contributed by atoms with Gasteiger partial charge in [0.1, 0.15) is 0 Å². The van der Waals surface area contributed by atoms with Crippen LogP contribution in [0.15, 0.2) is 24.3 Å². The van der Waals surface area contributed by atoms with Crippen LogP contribution >= 0.6 is 0 Å². The Morgan fingerprint density at radius 1 is 1.06 bits per heavy atom. The van der Waals surface area contributed by atoms with Gasteiger partial charge in [-0.25, -0.2) is 0 Å². The number of hydrogen-bond donors (Lipinski definition) is 2. The molecule has 0 radical (unpaired) electrons. The molecule has 0 aromatic heterocycles. The van der Waals surface area contributed by atoms with Gasteiger partial charge in [0.25, 0.3) is 0 Å². The third-order valence-electron chi connectivity index (χ3n) is 4.42. The monoisotopic (exact) mass is 244 g/mol. The van der Waals surface area contributed by atoms with Crippen LogP contribution < -0.4 is 11.1 Å². The lowest BCUT2D eigenvalue weighted by molar-refractivity contribution is 0.444. The summed E-state index contributed by atoms with van der Waals surface area (Å²) in [5, 5.41) is 3.72. The van der Waals surface area contributed by atoms with Gasteiger partial charge in [-0.2, -0.15) is 0 Å². The van der Waals surface area contributed by atoms with Gasteiger partial charge in [-0.1, -0.05) is 37.1 Å². The topological polar surface area (TPSA) is 38.0 Å². The normalized spacial score (nSPS) is 22.3. The Morgan fingerprint density at radius 3 is 2.28 bits per heavy atom. The number of nitrogens with two attached hydrogens (primary N) is 1. The van der Waals surface area contributed by atoms with Crippen LogP contribution in [0.4, 0.5) is 0 Å². The molecule has 2 saturated carbocycles. The van der Waals surface area contributed by atoms with Crippen LogP contribution in [0.1, 0.15) is 61.6 Å². The van der Waals surface area contributed by atoms with Gasteiger partial charge in [-0.15, -0.1) is 0 Å². The van der Waals surface area contributed by atoms with Crippen molar-refractivity contribution in [1.29, 1.82) is 0 Å². The maximum absolute atomic E-state index is 5.93. The minimum Gasteiger partial charge on any atom is -0.329 e. The Hall–Kier alpha value is -0.860. The average Bonchev–Trinajstić information content (AvgIpc) is 3.14. The largest absolute Gasteiger partial charge is 0.329 e. The number of rotatable bonds is 5. The Bertz CT molecular complexity index is 375. The van der Waals surface area contributed by atoms with Crippen molar-refractivity contribution >= 4 is 0 Å². The van der Waals surface area contributed by atoms with Crippen LogP contribution in [0, 0.1) is 0 Å². The predicted molar refractivity (Wildman–Crippen MR) is 75.6 cm³/mol. The van der Waals surface area contributed by atoms with Gasteiger partial charge in [0.15, 0.2) is 0 Å². The molecule has 0 saturated heterocycles. The molecule has 1 unspecified atom stereocenters. The van der Waals surface area contributed by atoms with Crippen LogP contribution in [0.3, 0.4) is 0 Å². The summed E-state index contributed by atoms with van der Waals surface area (Å²) in [5.74, 6) is 0.846. The zero-order valence-corrected chi connectivity index (χ0v) is 11.1. The molecule has 1 atom stereocenters. The van der Waals surface area contributed by atoms with Crippen molar-refractivity contribution in [3.05, 3.63) is 35.4 Å². The van der Waals surface area contributed by atoms with Crippen LogP contribution in [-0.4, -0.2) is 12.6 Å². The first-order chi connectivity index (χ1) is 8.86. The molecule has 0 amide bonds. The van der Waals surface area contributed by atoms with Crippen LogP contribution in [-0.2, 0) is 0 Å². The Balaban J connectivity index is 1.65. The van der Waals surface area contributed by atoms with Gasteiger partial charge >= 0.3 is 0 Å². The lowest BCUT2D eigenvalue weighted by atomic mass is 10.0. The molecule has 1 aromatic rings. The first-order valence-corrected chi connectivity index (χ1v) is 7.43. The summed E-state index contributed by atoms with van der Waals surface area (Å²) >= 11 is 0. The molecule has 1 aromatic carbocycles. The van der Waals surface area contributed by atoms with Gasteiger partial charge in [0.2, 0.25) is 0 Å². The second-order valence-electron chi connectivity index (χ2n) is 5.88. The molecule has 0 bridgehead atoms. The molecule has 2 aliphatic carbocycles. The first kappa shape index (κ1) is 12.2. The predicted octanol–water partition coefficient (Wildman–Crippen LogP) is 3.10. The minimum atomic E-state index is 0.335. The molecule has 2 heteroatoms. The summed E-state index contributed by atoms with van der Waals surface area (Å²) < 4.78 is 0. The van der Waals surface area contributed by atoms with E-state index in [0.29, 0.717) is 18.6 Å². The van der Waals surface area contributed by atoms with Gasteiger partial charge in [-0.3, -0.25) is 0 Å². The summed E-state index contributed by atoms with van der Waals surface area (Å²) in [4.78, 5) is 0. The molecule has 0 spiro atoms. The zero-order valence-electron chi connectivity index (χ0n) is 11.1. The molecule has 2 fully saturated rings. The van der Waals surface area contributed by atoms with Crippen molar-refractivity contribution in [3.8, 4) is 0 Å². The molecule has 0 heterocycles. The lowest BCUT2D eigenvalue weighted by Gasteiger charge is -2.22. The molecular weight excluding hydrogens is 220 g/mol. The molecule has 98 valence electrons. The first-order valence-electron chi connectivity index (χ1n) is 7.43. The van der Waals surface area contributed by atoms with Crippen molar-refractivity contribution in [3.63, 3.8) is 0 Å². The molecule has 0 aliphatic heterocycles. The van der Waals surface area contributed by atoms with E-state index in [2.05, 4.69) is 29.6 Å². The SMILES string of the molecule is NCC(NC1CCCC1)c1ccc(C2CC2)cc1. The van der Waals surface area contributed by atoms with Gasteiger partial charge in [-0.05, 0) is 42.7 Å². The fraction of sp³-hybridized carbons (Fsp3) is 0.625. The van der Waals surface area contributed by atoms with Crippen LogP contribution in [0.5, 0.6) is 0 Å². The van der Waals surface area contributed by atoms with Crippen molar-refractivity contribution < 1.29 is 0 Å². The number of nitrogens with one attached hydrogen (secondary N) is 1. The highest BCUT2D eigenvalue weighted by Gasteiger charge is 2.24. The highest BCUT2D eigenvalue weighted by Crippen LogP contribution is 2.40. The summed E-state index contributed by atoms with van der Waals surface area (Å²) in [6.07, 6.45) is 8.12. The van der Waals surface area contributed by atoms with Crippen molar-refractivity contribution in [1.82, 2.24) is 5.32 Å². The van der Waals surface area contributed by atoms with Crippen LogP contribution in [0.25, 0.3) is 0 Å². The maximum Gasteiger partial charge on any atom is 0.0446 e. The Morgan fingerprint density at radius 2 is 1.72 bits per heavy atom. The van der Waals surface area contributed by atoms with Gasteiger partial charge < -0.3 is 11.1 Å². The summed E-state index contributed by atoms with van der Waals surface area (Å²) in [6, 6.07) is 10.2. The van der Waals surface area contributed by atoms with Crippen molar-refractivity contribution in [2.45, 2.75) is 56.5 Å². The van der Waals surface area contributed by atoms with E-state index in [9.17, 15) is 0 Å². The highest BCUT2D eigenvalue weighted by molar-refractivity contribution is 5.30. The lowest BCUT2D eigenvalue weighted by Crippen LogP contribution is -2.35. The number of hydrogen-bond acceptors (Lipinski definition) is 2. The molecular formula is C16H24N2. The zero-order chi connectivity index (χ0) is 12.4. The highest BCUT2D eigenvalue weighted by atomic mass is 15.0. The van der Waals surface area contributed by atoms with Crippen molar-refractivity contribution in [2.24, 2.45) is 5.73 Å². The molecule has 3 N–H and O–H groups in total.